The quantitative estimate of drug-likeness (QED) is 0.156. The molecule has 10 aromatic carbocycles. The molecule has 12 rings (SSSR count). The zero-order valence-electron chi connectivity index (χ0n) is 35.3. The number of benzene rings is 10. The van der Waals surface area contributed by atoms with Gasteiger partial charge in [-0.15, -0.1) is 0 Å². The summed E-state index contributed by atoms with van der Waals surface area (Å²) in [5, 5.41) is 5.05. The molecule has 0 N–H and O–H groups in total. The Morgan fingerprint density at radius 1 is 0.365 bits per heavy atom. The number of fused-ring (bicyclic) bond motifs is 7. The van der Waals surface area contributed by atoms with Crippen LogP contribution < -0.4 is 4.90 Å². The minimum atomic E-state index is -0.102. The lowest BCUT2D eigenvalue weighted by Gasteiger charge is -2.29. The number of para-hydroxylation sites is 1. The van der Waals surface area contributed by atoms with Crippen molar-refractivity contribution in [2.45, 2.75) is 19.3 Å². The van der Waals surface area contributed by atoms with Gasteiger partial charge in [-0.2, -0.15) is 0 Å². The van der Waals surface area contributed by atoms with E-state index in [4.69, 9.17) is 0 Å². The molecule has 0 saturated heterocycles. The molecule has 2 heteroatoms. The van der Waals surface area contributed by atoms with Gasteiger partial charge in [-0.25, -0.2) is 0 Å². The summed E-state index contributed by atoms with van der Waals surface area (Å²) in [7, 11) is 0. The fourth-order valence-electron chi connectivity index (χ4n) is 10.3. The van der Waals surface area contributed by atoms with Crippen LogP contribution in [0.15, 0.2) is 231 Å². The highest BCUT2D eigenvalue weighted by Crippen LogP contribution is 2.54. The third-order valence-corrected chi connectivity index (χ3v) is 13.4. The molecule has 1 aromatic heterocycles. The lowest BCUT2D eigenvalue weighted by Crippen LogP contribution is -2.16. The number of hydrogen-bond acceptors (Lipinski definition) is 1. The van der Waals surface area contributed by atoms with E-state index >= 15 is 0 Å². The van der Waals surface area contributed by atoms with Crippen LogP contribution in [-0.4, -0.2) is 4.57 Å². The lowest BCUT2D eigenvalue weighted by atomic mass is 9.82. The number of hydrogen-bond donors (Lipinski definition) is 0. The highest BCUT2D eigenvalue weighted by Gasteiger charge is 2.37. The van der Waals surface area contributed by atoms with E-state index in [1.165, 1.54) is 93.9 Å². The molecule has 0 aliphatic heterocycles. The van der Waals surface area contributed by atoms with Gasteiger partial charge in [-0.1, -0.05) is 184 Å². The largest absolute Gasteiger partial charge is 0.310 e. The maximum Gasteiger partial charge on any atom is 0.0547 e. The highest BCUT2D eigenvalue weighted by molar-refractivity contribution is 6.13. The summed E-state index contributed by atoms with van der Waals surface area (Å²) in [4.78, 5) is 2.44. The Bertz CT molecular complexity index is 3500. The zero-order valence-corrected chi connectivity index (χ0v) is 35.3. The van der Waals surface area contributed by atoms with Crippen molar-refractivity contribution in [3.8, 4) is 50.2 Å². The van der Waals surface area contributed by atoms with Crippen LogP contribution in [0, 0.1) is 0 Å². The Morgan fingerprint density at radius 3 is 1.59 bits per heavy atom. The van der Waals surface area contributed by atoms with Crippen LogP contribution in [0.4, 0.5) is 17.1 Å². The molecule has 0 bridgehead atoms. The van der Waals surface area contributed by atoms with Gasteiger partial charge in [0.25, 0.3) is 0 Å². The summed E-state index contributed by atoms with van der Waals surface area (Å²) < 4.78 is 2.41. The average Bonchev–Trinajstić information content (AvgIpc) is 3.79. The van der Waals surface area contributed by atoms with Crippen molar-refractivity contribution in [3.63, 3.8) is 0 Å². The van der Waals surface area contributed by atoms with E-state index in [1.54, 1.807) is 0 Å². The summed E-state index contributed by atoms with van der Waals surface area (Å²) in [5.41, 5.74) is 19.4. The molecule has 0 amide bonds. The summed E-state index contributed by atoms with van der Waals surface area (Å²) in [6.07, 6.45) is 0. The highest BCUT2D eigenvalue weighted by atomic mass is 15.1. The maximum absolute atomic E-state index is 2.44. The van der Waals surface area contributed by atoms with Crippen LogP contribution in [-0.2, 0) is 5.41 Å². The molecule has 2 nitrogen and oxygen atoms in total. The first-order valence-corrected chi connectivity index (χ1v) is 21.9. The Kier molecular flexibility index (Phi) is 8.55. The van der Waals surface area contributed by atoms with E-state index < -0.39 is 0 Å². The first kappa shape index (κ1) is 36.9. The van der Waals surface area contributed by atoms with Crippen LogP contribution in [0.3, 0.4) is 0 Å². The van der Waals surface area contributed by atoms with E-state index in [0.717, 1.165) is 17.1 Å². The van der Waals surface area contributed by atoms with Crippen molar-refractivity contribution >= 4 is 49.6 Å². The molecule has 0 unspecified atom stereocenters. The van der Waals surface area contributed by atoms with Crippen LogP contribution in [0.1, 0.15) is 25.0 Å². The van der Waals surface area contributed by atoms with Gasteiger partial charge >= 0.3 is 0 Å². The van der Waals surface area contributed by atoms with Gasteiger partial charge in [0.05, 0.1) is 16.7 Å². The second kappa shape index (κ2) is 14.6. The molecular formula is C61H44N2. The summed E-state index contributed by atoms with van der Waals surface area (Å²) in [6.45, 7) is 4.71. The minimum absolute atomic E-state index is 0.102. The molecule has 1 heterocycles. The Hall–Kier alpha value is -7.94. The fourth-order valence-corrected chi connectivity index (χ4v) is 10.3. The number of aromatic nitrogens is 1. The van der Waals surface area contributed by atoms with Crippen LogP contribution in [0.25, 0.3) is 82.8 Å². The fraction of sp³-hybridized carbons (Fsp3) is 0.0492. The van der Waals surface area contributed by atoms with Crippen LogP contribution in [0.5, 0.6) is 0 Å². The van der Waals surface area contributed by atoms with E-state index in [9.17, 15) is 0 Å². The van der Waals surface area contributed by atoms with Gasteiger partial charge in [0.1, 0.15) is 0 Å². The molecule has 11 aromatic rings. The molecule has 1 aliphatic rings. The van der Waals surface area contributed by atoms with E-state index in [2.05, 4.69) is 254 Å². The predicted octanol–water partition coefficient (Wildman–Crippen LogP) is 16.7. The van der Waals surface area contributed by atoms with Gasteiger partial charge in [0.2, 0.25) is 0 Å². The minimum Gasteiger partial charge on any atom is -0.310 e. The average molecular weight is 805 g/mol. The van der Waals surface area contributed by atoms with Gasteiger partial charge in [0, 0.05) is 38.8 Å². The van der Waals surface area contributed by atoms with Crippen molar-refractivity contribution in [2.24, 2.45) is 0 Å². The molecule has 63 heavy (non-hydrogen) atoms. The SMILES string of the molecule is CC1(C)c2ccccc2-c2c(N(c3ccc(-c4ccccc4)cc3)c3ccc(-c4ccccc4-c4ccc(-n5c6ccccc6c6cc7ccccc7cc65)cc4)cc3)cccc21. The van der Waals surface area contributed by atoms with Gasteiger partial charge in [-0.05, 0) is 122 Å². The van der Waals surface area contributed by atoms with E-state index in [1.807, 2.05) is 0 Å². The Labute approximate surface area is 368 Å². The molecule has 0 saturated carbocycles. The molecule has 0 spiro atoms. The Morgan fingerprint density at radius 2 is 0.889 bits per heavy atom. The van der Waals surface area contributed by atoms with Gasteiger partial charge < -0.3 is 9.47 Å². The first-order chi connectivity index (χ1) is 31.0. The van der Waals surface area contributed by atoms with Crippen LogP contribution in [0.2, 0.25) is 0 Å². The summed E-state index contributed by atoms with van der Waals surface area (Å²) in [6, 6.07) is 84.5. The third kappa shape index (κ3) is 6.02. The second-order valence-corrected chi connectivity index (χ2v) is 17.3. The van der Waals surface area contributed by atoms with E-state index in [-0.39, 0.29) is 5.41 Å². The standard InChI is InChI=1S/C61H44N2/c1-61(2)55-23-12-10-22-53(55)60-56(61)24-14-26-58(60)62(47-33-27-42(28-34-47)41-15-4-3-5-16-41)48-35-29-43(30-36-48)50-19-8-9-20-51(50)44-31-37-49(38-32-44)63-57-25-13-11-21-52(57)54-39-45-17-6-7-18-46(45)40-59(54)63/h3-40H,1-2H3. The molecule has 0 radical (unpaired) electrons. The first-order valence-electron chi connectivity index (χ1n) is 21.9. The normalized spacial score (nSPS) is 12.7. The van der Waals surface area contributed by atoms with Crippen molar-refractivity contribution in [1.29, 1.82) is 0 Å². The zero-order chi connectivity index (χ0) is 42.1. The molecular weight excluding hydrogens is 761 g/mol. The monoisotopic (exact) mass is 804 g/mol. The molecule has 0 atom stereocenters. The maximum atomic E-state index is 2.44. The summed E-state index contributed by atoms with van der Waals surface area (Å²) in [5.74, 6) is 0. The van der Waals surface area contributed by atoms with Crippen molar-refractivity contribution in [1.82, 2.24) is 4.57 Å². The number of rotatable bonds is 7. The second-order valence-electron chi connectivity index (χ2n) is 17.3. The van der Waals surface area contributed by atoms with Crippen molar-refractivity contribution in [2.75, 3.05) is 4.90 Å². The smallest absolute Gasteiger partial charge is 0.0547 e. The number of nitrogens with zero attached hydrogens (tertiary/aromatic N) is 2. The van der Waals surface area contributed by atoms with E-state index in [0.29, 0.717) is 0 Å². The third-order valence-electron chi connectivity index (χ3n) is 13.4. The molecule has 0 fully saturated rings. The number of anilines is 3. The van der Waals surface area contributed by atoms with Crippen molar-refractivity contribution in [3.05, 3.63) is 242 Å². The topological polar surface area (TPSA) is 8.17 Å². The van der Waals surface area contributed by atoms with Gasteiger partial charge in [0.15, 0.2) is 0 Å². The molecule has 1 aliphatic carbocycles. The van der Waals surface area contributed by atoms with Gasteiger partial charge in [-0.3, -0.25) is 0 Å². The predicted molar refractivity (Wildman–Crippen MR) is 267 cm³/mol. The summed E-state index contributed by atoms with van der Waals surface area (Å²) >= 11 is 0. The lowest BCUT2D eigenvalue weighted by molar-refractivity contribution is 0.660. The van der Waals surface area contributed by atoms with Crippen LogP contribution >= 0.6 is 0 Å². The molecule has 298 valence electrons. The Balaban J connectivity index is 0.936. The van der Waals surface area contributed by atoms with Crippen molar-refractivity contribution < 1.29 is 0 Å².